The number of carbonyl (C=O) groups is 3. The van der Waals surface area contributed by atoms with Crippen LogP contribution in [0, 0.1) is 5.92 Å². The molecule has 1 unspecified atom stereocenters. The molecule has 98 valence electrons. The first-order valence-electron chi connectivity index (χ1n) is 5.88. The Morgan fingerprint density at radius 1 is 1.22 bits per heavy atom. The Morgan fingerprint density at radius 2 is 1.83 bits per heavy atom. The predicted molar refractivity (Wildman–Crippen MR) is 60.3 cm³/mol. The van der Waals surface area contributed by atoms with Crippen molar-refractivity contribution in [1.29, 1.82) is 0 Å². The normalized spacial score (nSPS) is 26.1. The molecule has 0 bridgehead atoms. The topological polar surface area (TPSA) is 92.7 Å². The van der Waals surface area contributed by atoms with E-state index >= 15 is 0 Å². The Balaban J connectivity index is 1.97. The summed E-state index contributed by atoms with van der Waals surface area (Å²) in [5.74, 6) is -1.22. The summed E-state index contributed by atoms with van der Waals surface area (Å²) >= 11 is 0. The van der Waals surface area contributed by atoms with Gasteiger partial charge in [0.05, 0.1) is 5.57 Å². The Hall–Kier alpha value is -1.85. The maximum Gasteiger partial charge on any atom is 0.337 e. The molecule has 0 aromatic heterocycles. The average Bonchev–Trinajstić information content (AvgIpc) is 2.24. The molecular formula is C12H15NO5. The number of hydrogen-bond acceptors (Lipinski definition) is 5. The largest absolute Gasteiger partial charge is 0.512 e. The molecule has 0 aromatic carbocycles. The van der Waals surface area contributed by atoms with E-state index in [1.54, 1.807) is 0 Å². The van der Waals surface area contributed by atoms with Crippen LogP contribution in [0.5, 0.6) is 0 Å². The molecular weight excluding hydrogens is 238 g/mol. The number of ether oxygens (including phenoxy) is 1. The van der Waals surface area contributed by atoms with Crippen LogP contribution < -0.4 is 5.32 Å². The van der Waals surface area contributed by atoms with Crippen LogP contribution in [0.4, 0.5) is 0 Å². The second kappa shape index (κ2) is 4.80. The maximum absolute atomic E-state index is 11.4. The second-order valence-electron chi connectivity index (χ2n) is 4.78. The highest BCUT2D eigenvalue weighted by atomic mass is 16.5. The van der Waals surface area contributed by atoms with Gasteiger partial charge in [-0.2, -0.15) is 0 Å². The standard InChI is InChI=1S/C12H15NO5/c1-6-9(14)5-8(18-12(6)17)2-7-3-10(15)13-11(16)4-7/h7-8,14H,2-5H2,1H3,(H,13,15,16). The minimum absolute atomic E-state index is 0.0304. The van der Waals surface area contributed by atoms with Crippen molar-refractivity contribution < 1.29 is 24.2 Å². The maximum atomic E-state index is 11.4. The zero-order chi connectivity index (χ0) is 13.3. The lowest BCUT2D eigenvalue weighted by molar-refractivity contribution is -0.147. The summed E-state index contributed by atoms with van der Waals surface area (Å²) in [5.41, 5.74) is 0.226. The second-order valence-corrected chi connectivity index (χ2v) is 4.78. The molecule has 0 radical (unpaired) electrons. The number of aliphatic hydroxyl groups excluding tert-OH is 1. The summed E-state index contributed by atoms with van der Waals surface area (Å²) in [5, 5.41) is 11.8. The van der Waals surface area contributed by atoms with Crippen molar-refractivity contribution in [3.8, 4) is 0 Å². The van der Waals surface area contributed by atoms with E-state index in [0.717, 1.165) is 0 Å². The molecule has 0 aromatic rings. The third kappa shape index (κ3) is 2.69. The molecule has 0 saturated carbocycles. The summed E-state index contributed by atoms with van der Waals surface area (Å²) in [6.07, 6.45) is 0.725. The van der Waals surface area contributed by atoms with Crippen molar-refractivity contribution in [1.82, 2.24) is 5.32 Å². The van der Waals surface area contributed by atoms with E-state index in [2.05, 4.69) is 5.32 Å². The summed E-state index contributed by atoms with van der Waals surface area (Å²) in [7, 11) is 0. The Morgan fingerprint density at radius 3 is 2.39 bits per heavy atom. The molecule has 2 heterocycles. The van der Waals surface area contributed by atoms with Gasteiger partial charge in [-0.15, -0.1) is 0 Å². The SMILES string of the molecule is CC1=C(O)CC(CC2CC(=O)NC(=O)C2)OC1=O. The minimum Gasteiger partial charge on any atom is -0.512 e. The van der Waals surface area contributed by atoms with Crippen molar-refractivity contribution in [3.05, 3.63) is 11.3 Å². The fourth-order valence-corrected chi connectivity index (χ4v) is 2.29. The van der Waals surface area contributed by atoms with Gasteiger partial charge in [-0.1, -0.05) is 0 Å². The average molecular weight is 253 g/mol. The van der Waals surface area contributed by atoms with Gasteiger partial charge in [-0.05, 0) is 19.3 Å². The number of cyclic esters (lactones) is 1. The lowest BCUT2D eigenvalue weighted by Crippen LogP contribution is -2.40. The molecule has 0 spiro atoms. The van der Waals surface area contributed by atoms with Crippen LogP contribution in [0.25, 0.3) is 0 Å². The highest BCUT2D eigenvalue weighted by Gasteiger charge is 2.32. The van der Waals surface area contributed by atoms with Crippen molar-refractivity contribution >= 4 is 17.8 Å². The molecule has 1 saturated heterocycles. The van der Waals surface area contributed by atoms with Crippen LogP contribution in [0.1, 0.15) is 32.6 Å². The van der Waals surface area contributed by atoms with Crippen molar-refractivity contribution in [3.63, 3.8) is 0 Å². The van der Waals surface area contributed by atoms with Gasteiger partial charge in [0.1, 0.15) is 11.9 Å². The number of imide groups is 1. The van der Waals surface area contributed by atoms with Gasteiger partial charge in [0.15, 0.2) is 0 Å². The number of carbonyl (C=O) groups excluding carboxylic acids is 3. The van der Waals surface area contributed by atoms with Crippen molar-refractivity contribution in [2.75, 3.05) is 0 Å². The lowest BCUT2D eigenvalue weighted by Gasteiger charge is -2.28. The van der Waals surface area contributed by atoms with E-state index in [-0.39, 0.29) is 48.3 Å². The van der Waals surface area contributed by atoms with Crippen LogP contribution in [-0.4, -0.2) is 29.0 Å². The Labute approximate surface area is 104 Å². The molecule has 2 aliphatic heterocycles. The Kier molecular flexibility index (Phi) is 3.36. The quantitative estimate of drug-likeness (QED) is 0.554. The lowest BCUT2D eigenvalue weighted by atomic mass is 9.89. The van der Waals surface area contributed by atoms with E-state index in [1.807, 2.05) is 0 Å². The van der Waals surface area contributed by atoms with Crippen molar-refractivity contribution in [2.24, 2.45) is 5.92 Å². The van der Waals surface area contributed by atoms with E-state index in [9.17, 15) is 19.5 Å². The van der Waals surface area contributed by atoms with E-state index < -0.39 is 12.1 Å². The number of piperidine rings is 1. The molecule has 2 rings (SSSR count). The first kappa shape index (κ1) is 12.6. The van der Waals surface area contributed by atoms with Gasteiger partial charge in [0.2, 0.25) is 11.8 Å². The first-order valence-corrected chi connectivity index (χ1v) is 5.88. The van der Waals surface area contributed by atoms with E-state index in [1.165, 1.54) is 6.92 Å². The van der Waals surface area contributed by atoms with Gasteiger partial charge in [0.25, 0.3) is 0 Å². The zero-order valence-electron chi connectivity index (χ0n) is 10.1. The fraction of sp³-hybridized carbons (Fsp3) is 0.583. The van der Waals surface area contributed by atoms with Gasteiger partial charge in [-0.3, -0.25) is 14.9 Å². The monoisotopic (exact) mass is 253 g/mol. The molecule has 6 heteroatoms. The molecule has 0 aliphatic carbocycles. The van der Waals surface area contributed by atoms with Crippen LogP contribution in [0.15, 0.2) is 11.3 Å². The number of nitrogens with one attached hydrogen (secondary N) is 1. The van der Waals surface area contributed by atoms with Gasteiger partial charge >= 0.3 is 5.97 Å². The molecule has 2 amide bonds. The highest BCUT2D eigenvalue weighted by molar-refractivity contribution is 5.97. The fourth-order valence-electron chi connectivity index (χ4n) is 2.29. The molecule has 1 atom stereocenters. The number of aliphatic hydroxyl groups is 1. The van der Waals surface area contributed by atoms with Gasteiger partial charge < -0.3 is 9.84 Å². The number of hydrogen-bond donors (Lipinski definition) is 2. The third-order valence-corrected chi connectivity index (χ3v) is 3.26. The van der Waals surface area contributed by atoms with E-state index in [4.69, 9.17) is 4.74 Å². The molecule has 6 nitrogen and oxygen atoms in total. The molecule has 2 N–H and O–H groups in total. The smallest absolute Gasteiger partial charge is 0.337 e. The van der Waals surface area contributed by atoms with Crippen LogP contribution in [0.3, 0.4) is 0 Å². The predicted octanol–water partition coefficient (Wildman–Crippen LogP) is 0.577. The number of esters is 1. The summed E-state index contributed by atoms with van der Waals surface area (Å²) in [4.78, 5) is 33.8. The van der Waals surface area contributed by atoms with Crippen molar-refractivity contribution in [2.45, 2.75) is 38.7 Å². The van der Waals surface area contributed by atoms with Crippen LogP contribution in [-0.2, 0) is 19.1 Å². The van der Waals surface area contributed by atoms with Gasteiger partial charge in [-0.25, -0.2) is 4.79 Å². The third-order valence-electron chi connectivity index (χ3n) is 3.26. The van der Waals surface area contributed by atoms with Gasteiger partial charge in [0, 0.05) is 19.3 Å². The molecule has 1 fully saturated rings. The summed E-state index contributed by atoms with van der Waals surface area (Å²) in [6.45, 7) is 1.51. The zero-order valence-corrected chi connectivity index (χ0v) is 10.1. The first-order chi connectivity index (χ1) is 8.45. The summed E-state index contributed by atoms with van der Waals surface area (Å²) in [6, 6.07) is 0. The minimum atomic E-state index is -0.532. The summed E-state index contributed by atoms with van der Waals surface area (Å²) < 4.78 is 5.14. The van der Waals surface area contributed by atoms with Crippen LogP contribution >= 0.6 is 0 Å². The number of amides is 2. The highest BCUT2D eigenvalue weighted by Crippen LogP contribution is 2.27. The molecule has 2 aliphatic rings. The molecule has 18 heavy (non-hydrogen) atoms. The Bertz CT molecular complexity index is 424. The van der Waals surface area contributed by atoms with Crippen LogP contribution in [0.2, 0.25) is 0 Å². The number of rotatable bonds is 2. The van der Waals surface area contributed by atoms with E-state index in [0.29, 0.717) is 6.42 Å².